The van der Waals surface area contributed by atoms with E-state index >= 15 is 0 Å². The zero-order valence-electron chi connectivity index (χ0n) is 25.2. The second kappa shape index (κ2) is 10.8. The van der Waals surface area contributed by atoms with Gasteiger partial charge in [0.25, 0.3) is 0 Å². The molecule has 2 aromatic carbocycles. The number of benzene rings is 2. The Kier molecular flexibility index (Phi) is 6.91. The van der Waals surface area contributed by atoms with Gasteiger partial charge in [-0.25, -0.2) is 0 Å². The van der Waals surface area contributed by atoms with Crippen molar-refractivity contribution in [2.75, 3.05) is 5.73 Å². The first-order valence-electron chi connectivity index (χ1n) is 15.2. The van der Waals surface area contributed by atoms with Crippen LogP contribution in [0.25, 0.3) is 50.8 Å². The van der Waals surface area contributed by atoms with Crippen molar-refractivity contribution in [1.29, 1.82) is 0 Å². The van der Waals surface area contributed by atoms with Crippen molar-refractivity contribution in [3.05, 3.63) is 124 Å². The van der Waals surface area contributed by atoms with Gasteiger partial charge in [0.2, 0.25) is 0 Å². The summed E-state index contributed by atoms with van der Waals surface area (Å²) in [7, 11) is 0. The quantitative estimate of drug-likeness (QED) is 0.142. The van der Waals surface area contributed by atoms with Crippen molar-refractivity contribution >= 4 is 51.0 Å². The van der Waals surface area contributed by atoms with Gasteiger partial charge in [0.05, 0.1) is 0 Å². The van der Waals surface area contributed by atoms with Gasteiger partial charge in [-0.1, -0.05) is 49.8 Å². The zero-order chi connectivity index (χ0) is 30.1. The van der Waals surface area contributed by atoms with E-state index in [2.05, 4.69) is 107 Å². The highest BCUT2D eigenvalue weighted by Crippen LogP contribution is 2.58. The van der Waals surface area contributed by atoms with Gasteiger partial charge in [0.1, 0.15) is 0 Å². The van der Waals surface area contributed by atoms with Gasteiger partial charge in [-0.2, -0.15) is 0 Å². The average molecular weight is 644 g/mol. The average Bonchev–Trinajstić information content (AvgIpc) is 3.87. The molecule has 4 heterocycles. The summed E-state index contributed by atoms with van der Waals surface area (Å²) in [5, 5.41) is 0. The normalized spacial score (nSPS) is 16.9. The van der Waals surface area contributed by atoms with Gasteiger partial charge < -0.3 is 5.73 Å². The van der Waals surface area contributed by atoms with Gasteiger partial charge in [-0.3, -0.25) is 0 Å². The van der Waals surface area contributed by atoms with Crippen molar-refractivity contribution in [2.24, 2.45) is 0 Å². The number of thiophene rings is 4. The molecule has 2 atom stereocenters. The maximum absolute atomic E-state index is 5.91. The lowest BCUT2D eigenvalue weighted by Gasteiger charge is -2.12. The fraction of sp³-hybridized carbons (Fsp3) is 0.179. The smallest absolute Gasteiger partial charge is 0.0452 e. The van der Waals surface area contributed by atoms with Crippen molar-refractivity contribution in [1.82, 2.24) is 0 Å². The molecule has 0 spiro atoms. The molecule has 2 N–H and O–H groups in total. The second-order valence-electron chi connectivity index (χ2n) is 12.0. The lowest BCUT2D eigenvalue weighted by Crippen LogP contribution is -1.93. The summed E-state index contributed by atoms with van der Waals surface area (Å²) in [5.74, 6) is 0.824. The lowest BCUT2D eigenvalue weighted by atomic mass is 9.93. The van der Waals surface area contributed by atoms with Crippen LogP contribution < -0.4 is 5.73 Å². The topological polar surface area (TPSA) is 26.0 Å². The molecule has 2 unspecified atom stereocenters. The summed E-state index contributed by atoms with van der Waals surface area (Å²) >= 11 is 7.75. The lowest BCUT2D eigenvalue weighted by molar-refractivity contribution is 0.946. The number of nitrogen functional groups attached to an aromatic ring is 1. The summed E-state index contributed by atoms with van der Waals surface area (Å²) < 4.78 is 0. The van der Waals surface area contributed by atoms with Crippen molar-refractivity contribution < 1.29 is 0 Å². The number of fused-ring (bicyclic) bond motifs is 6. The van der Waals surface area contributed by atoms with Gasteiger partial charge in [-0.05, 0) is 113 Å². The standard InChI is InChI=1S/C39H33NS4/c1-5-21(2)7-6-8-26-13-14-34(41-26)36-19-29-22(3)27-18-32-28(17-31(27)38(29)43-36)23(4)30-20-37(44-39(30)32)35-16-15-33(42-35)24-9-11-25(40)12-10-24/h5-7,9-20,22-23H,8,40H2,1-4H3/b7-6-,21-5-. The molecule has 6 aromatic rings. The molecule has 8 rings (SSSR count). The minimum Gasteiger partial charge on any atom is -0.399 e. The van der Waals surface area contributed by atoms with Gasteiger partial charge in [-0.15, -0.1) is 45.3 Å². The van der Waals surface area contributed by atoms with Crippen LogP contribution in [0.2, 0.25) is 0 Å². The summed E-state index contributed by atoms with van der Waals surface area (Å²) in [4.78, 5) is 11.2. The Bertz CT molecular complexity index is 2110. The van der Waals surface area contributed by atoms with Gasteiger partial charge in [0, 0.05) is 63.0 Å². The van der Waals surface area contributed by atoms with Crippen LogP contribution in [0.3, 0.4) is 0 Å². The highest BCUT2D eigenvalue weighted by Gasteiger charge is 2.35. The highest BCUT2D eigenvalue weighted by atomic mass is 32.1. The van der Waals surface area contributed by atoms with Crippen molar-refractivity contribution in [2.45, 2.75) is 46.0 Å². The Labute approximate surface area is 275 Å². The Morgan fingerprint density at radius 1 is 0.659 bits per heavy atom. The number of rotatable bonds is 6. The molecular formula is C39H33NS4. The molecule has 0 radical (unpaired) electrons. The van der Waals surface area contributed by atoms with Crippen LogP contribution in [0.15, 0.2) is 96.6 Å². The predicted octanol–water partition coefficient (Wildman–Crippen LogP) is 12.8. The number of nitrogens with two attached hydrogens (primary N) is 1. The molecule has 2 aliphatic carbocycles. The predicted molar refractivity (Wildman–Crippen MR) is 197 cm³/mol. The van der Waals surface area contributed by atoms with Crippen LogP contribution in [-0.4, -0.2) is 0 Å². The first-order valence-corrected chi connectivity index (χ1v) is 18.4. The van der Waals surface area contributed by atoms with E-state index in [4.69, 9.17) is 5.73 Å². The van der Waals surface area contributed by atoms with Crippen LogP contribution in [0.5, 0.6) is 0 Å². The number of anilines is 1. The summed E-state index contributed by atoms with van der Waals surface area (Å²) in [6, 6.07) is 27.3. The SMILES string of the molecule is C/C=C(C)\C=C/Cc1ccc(-c2cc3c(s2)-c2cc4c(cc2C3C)-c2sc(-c3ccc(-c5ccc(N)cc5)s3)cc2C4C)s1. The third-order valence-electron chi connectivity index (χ3n) is 9.20. The summed E-state index contributed by atoms with van der Waals surface area (Å²) in [6.07, 6.45) is 7.64. The molecule has 44 heavy (non-hydrogen) atoms. The Morgan fingerprint density at radius 2 is 1.23 bits per heavy atom. The largest absolute Gasteiger partial charge is 0.399 e. The molecule has 0 saturated carbocycles. The number of hydrogen-bond acceptors (Lipinski definition) is 5. The van der Waals surface area contributed by atoms with E-state index in [0.717, 1.165) is 12.1 Å². The molecule has 2 aliphatic rings. The zero-order valence-corrected chi connectivity index (χ0v) is 28.5. The second-order valence-corrected chi connectivity index (χ2v) is 16.3. The molecule has 1 nitrogen and oxygen atoms in total. The highest BCUT2D eigenvalue weighted by molar-refractivity contribution is 7.25. The van der Waals surface area contributed by atoms with Crippen LogP contribution in [-0.2, 0) is 6.42 Å². The van der Waals surface area contributed by atoms with Crippen LogP contribution in [0, 0.1) is 0 Å². The molecular weight excluding hydrogens is 611 g/mol. The molecule has 0 amide bonds. The van der Waals surface area contributed by atoms with E-state index in [1.165, 1.54) is 83.5 Å². The van der Waals surface area contributed by atoms with Crippen molar-refractivity contribution in [3.63, 3.8) is 0 Å². The van der Waals surface area contributed by atoms with E-state index in [1.54, 1.807) is 0 Å². The Balaban J connectivity index is 1.08. The van der Waals surface area contributed by atoms with E-state index in [1.807, 2.05) is 57.5 Å². The summed E-state index contributed by atoms with van der Waals surface area (Å²) in [5.41, 5.74) is 18.1. The molecule has 0 saturated heterocycles. The maximum atomic E-state index is 5.91. The van der Waals surface area contributed by atoms with Crippen LogP contribution >= 0.6 is 45.3 Å². The van der Waals surface area contributed by atoms with E-state index in [-0.39, 0.29) is 0 Å². The monoisotopic (exact) mass is 643 g/mol. The van der Waals surface area contributed by atoms with E-state index < -0.39 is 0 Å². The van der Waals surface area contributed by atoms with Crippen LogP contribution in [0.4, 0.5) is 5.69 Å². The van der Waals surface area contributed by atoms with Crippen molar-refractivity contribution in [3.8, 4) is 50.8 Å². The molecule has 218 valence electrons. The van der Waals surface area contributed by atoms with E-state index in [9.17, 15) is 0 Å². The molecule has 0 bridgehead atoms. The van der Waals surface area contributed by atoms with E-state index in [0.29, 0.717) is 11.8 Å². The minimum atomic E-state index is 0.407. The number of allylic oxidation sites excluding steroid dienone is 4. The molecule has 5 heteroatoms. The molecule has 4 aromatic heterocycles. The molecule has 0 aliphatic heterocycles. The Morgan fingerprint density at radius 3 is 1.84 bits per heavy atom. The fourth-order valence-corrected chi connectivity index (χ4v) is 11.3. The minimum absolute atomic E-state index is 0.407. The number of hydrogen-bond donors (Lipinski definition) is 1. The first-order chi connectivity index (χ1) is 21.4. The first kappa shape index (κ1) is 28.0. The maximum Gasteiger partial charge on any atom is 0.0452 e. The third kappa shape index (κ3) is 4.60. The fourth-order valence-electron chi connectivity index (χ4n) is 6.55. The van der Waals surface area contributed by atoms with Gasteiger partial charge in [0.15, 0.2) is 0 Å². The third-order valence-corrected chi connectivity index (χ3v) is 14.2. The molecule has 0 fully saturated rings. The van der Waals surface area contributed by atoms with Crippen LogP contribution in [0.1, 0.15) is 66.7 Å². The summed E-state index contributed by atoms with van der Waals surface area (Å²) in [6.45, 7) is 9.03. The Hall–Kier alpha value is -3.48. The van der Waals surface area contributed by atoms with Gasteiger partial charge >= 0.3 is 0 Å².